The van der Waals surface area contributed by atoms with Gasteiger partial charge in [-0.3, -0.25) is 13.9 Å². The molecule has 2 aromatic carbocycles. The van der Waals surface area contributed by atoms with Crippen LogP contribution < -0.4 is 9.62 Å². The Bertz CT molecular complexity index is 1080. The molecule has 1 N–H and O–H groups in total. The van der Waals surface area contributed by atoms with Crippen LogP contribution in [-0.2, 0) is 26.2 Å². The van der Waals surface area contributed by atoms with Crippen molar-refractivity contribution in [3.05, 3.63) is 64.1 Å². The summed E-state index contributed by atoms with van der Waals surface area (Å²) in [4.78, 5) is 27.3. The molecule has 0 heterocycles. The monoisotopic (exact) mass is 527 g/mol. The first kappa shape index (κ1) is 28.0. The zero-order chi connectivity index (χ0) is 25.3. The maximum Gasteiger partial charge on any atom is 0.242 e. The van der Waals surface area contributed by atoms with Gasteiger partial charge in [0.1, 0.15) is 6.04 Å². The number of nitrogens with zero attached hydrogens (tertiary/aromatic N) is 2. The molecule has 7 nitrogen and oxygen atoms in total. The summed E-state index contributed by atoms with van der Waals surface area (Å²) in [6, 6.07) is 13.1. The van der Waals surface area contributed by atoms with Crippen LogP contribution in [0.5, 0.6) is 0 Å². The van der Waals surface area contributed by atoms with E-state index in [0.29, 0.717) is 28.7 Å². The number of para-hydroxylation sites is 1. The molecule has 0 saturated carbocycles. The Labute approximate surface area is 212 Å². The Morgan fingerprint density at radius 3 is 2.32 bits per heavy atom. The summed E-state index contributed by atoms with van der Waals surface area (Å²) in [6.45, 7) is 4.45. The largest absolute Gasteiger partial charge is 0.354 e. The van der Waals surface area contributed by atoms with E-state index in [-0.39, 0.29) is 31.3 Å². The van der Waals surface area contributed by atoms with Crippen LogP contribution in [0.4, 0.5) is 5.69 Å². The van der Waals surface area contributed by atoms with Gasteiger partial charge in [-0.05, 0) is 49.6 Å². The van der Waals surface area contributed by atoms with Crippen molar-refractivity contribution in [1.82, 2.24) is 10.2 Å². The fourth-order valence-corrected chi connectivity index (χ4v) is 4.70. The number of anilines is 1. The second-order valence-electron chi connectivity index (χ2n) is 8.01. The Hall–Kier alpha value is -2.29. The van der Waals surface area contributed by atoms with Crippen molar-refractivity contribution in [2.45, 2.75) is 45.7 Å². The molecule has 0 radical (unpaired) electrons. The number of hydrogen-bond acceptors (Lipinski definition) is 4. The zero-order valence-corrected chi connectivity index (χ0v) is 22.0. The van der Waals surface area contributed by atoms with E-state index in [1.165, 1.54) is 9.21 Å². The molecule has 0 aliphatic heterocycles. The molecule has 1 unspecified atom stereocenters. The van der Waals surface area contributed by atoms with E-state index in [4.69, 9.17) is 23.2 Å². The molecule has 2 aromatic rings. The van der Waals surface area contributed by atoms with Crippen LogP contribution in [0.3, 0.4) is 0 Å². The van der Waals surface area contributed by atoms with E-state index in [2.05, 4.69) is 5.32 Å². The summed E-state index contributed by atoms with van der Waals surface area (Å²) in [6.07, 6.45) is 2.28. The summed E-state index contributed by atoms with van der Waals surface area (Å²) in [5.74, 6) is -0.510. The number of amides is 2. The molecule has 1 atom stereocenters. The highest BCUT2D eigenvalue weighted by Gasteiger charge is 2.26. The molecule has 2 rings (SSSR count). The van der Waals surface area contributed by atoms with Crippen molar-refractivity contribution in [3.63, 3.8) is 0 Å². The number of carbonyl (C=O) groups is 2. The zero-order valence-electron chi connectivity index (χ0n) is 19.6. The lowest BCUT2D eigenvalue weighted by atomic mass is 10.1. The average Bonchev–Trinajstić information content (AvgIpc) is 2.80. The summed E-state index contributed by atoms with van der Waals surface area (Å²) in [5, 5.41) is 3.59. The number of nitrogens with one attached hydrogen (secondary N) is 1. The lowest BCUT2D eigenvalue weighted by Crippen LogP contribution is -2.47. The third-order valence-corrected chi connectivity index (χ3v) is 7.18. The molecule has 10 heteroatoms. The molecule has 0 saturated heterocycles. The SMILES string of the molecule is CCCNC(=O)C(C)N(Cc1ccc(Cl)c(Cl)c1)C(=O)CCCN(c1ccccc1)S(C)(=O)=O. The molecule has 0 fully saturated rings. The molecule has 0 aliphatic carbocycles. The fraction of sp³-hybridized carbons (Fsp3) is 0.417. The minimum Gasteiger partial charge on any atom is -0.354 e. The van der Waals surface area contributed by atoms with E-state index < -0.39 is 16.1 Å². The molecule has 34 heavy (non-hydrogen) atoms. The van der Waals surface area contributed by atoms with Crippen LogP contribution >= 0.6 is 23.2 Å². The Kier molecular flexibility index (Phi) is 10.7. The van der Waals surface area contributed by atoms with Crippen LogP contribution in [0, 0.1) is 0 Å². The topological polar surface area (TPSA) is 86.8 Å². The maximum absolute atomic E-state index is 13.2. The van der Waals surface area contributed by atoms with Gasteiger partial charge in [-0.2, -0.15) is 0 Å². The third kappa shape index (κ3) is 8.18. The van der Waals surface area contributed by atoms with Crippen LogP contribution in [0.2, 0.25) is 10.0 Å². The second-order valence-corrected chi connectivity index (χ2v) is 10.7. The molecule has 0 spiro atoms. The third-order valence-electron chi connectivity index (χ3n) is 5.25. The number of halogens is 2. The van der Waals surface area contributed by atoms with Crippen molar-refractivity contribution in [2.24, 2.45) is 0 Å². The van der Waals surface area contributed by atoms with Gasteiger partial charge in [0.25, 0.3) is 0 Å². The van der Waals surface area contributed by atoms with Gasteiger partial charge < -0.3 is 10.2 Å². The average molecular weight is 529 g/mol. The lowest BCUT2D eigenvalue weighted by Gasteiger charge is -2.29. The lowest BCUT2D eigenvalue weighted by molar-refractivity contribution is -0.140. The van der Waals surface area contributed by atoms with Crippen LogP contribution in [0.1, 0.15) is 38.7 Å². The fourth-order valence-electron chi connectivity index (χ4n) is 3.41. The smallest absolute Gasteiger partial charge is 0.242 e. The molecule has 2 amide bonds. The molecule has 186 valence electrons. The van der Waals surface area contributed by atoms with E-state index >= 15 is 0 Å². The van der Waals surface area contributed by atoms with Gasteiger partial charge in [-0.25, -0.2) is 8.42 Å². The number of benzene rings is 2. The predicted octanol–water partition coefficient (Wildman–Crippen LogP) is 4.48. The minimum absolute atomic E-state index is 0.0750. The molecular formula is C24H31Cl2N3O4S. The van der Waals surface area contributed by atoms with Crippen LogP contribution in [-0.4, -0.2) is 50.5 Å². The maximum atomic E-state index is 13.2. The van der Waals surface area contributed by atoms with Crippen molar-refractivity contribution < 1.29 is 18.0 Å². The van der Waals surface area contributed by atoms with Gasteiger partial charge in [0, 0.05) is 26.1 Å². The summed E-state index contributed by atoms with van der Waals surface area (Å²) in [7, 11) is -3.52. The quantitative estimate of drug-likeness (QED) is 0.440. The van der Waals surface area contributed by atoms with Crippen molar-refractivity contribution in [2.75, 3.05) is 23.7 Å². The highest BCUT2D eigenvalue weighted by Crippen LogP contribution is 2.24. The number of carbonyl (C=O) groups excluding carboxylic acids is 2. The highest BCUT2D eigenvalue weighted by atomic mass is 35.5. The van der Waals surface area contributed by atoms with Crippen molar-refractivity contribution in [1.29, 1.82) is 0 Å². The van der Waals surface area contributed by atoms with Crippen molar-refractivity contribution >= 4 is 50.7 Å². The van der Waals surface area contributed by atoms with Gasteiger partial charge in [0.05, 0.1) is 22.0 Å². The Morgan fingerprint density at radius 1 is 1.06 bits per heavy atom. The standard InChI is InChI=1S/C24H31Cl2N3O4S/c1-4-14-27-24(31)18(2)28(17-19-12-13-21(25)22(26)16-19)23(30)11-8-15-29(34(3,32)33)20-9-6-5-7-10-20/h5-7,9-10,12-13,16,18H,4,8,11,14-15,17H2,1-3H3,(H,27,31). The van der Waals surface area contributed by atoms with Crippen molar-refractivity contribution in [3.8, 4) is 0 Å². The number of sulfonamides is 1. The van der Waals surface area contributed by atoms with E-state index in [0.717, 1.165) is 18.2 Å². The second kappa shape index (κ2) is 13.0. The Balaban J connectivity index is 2.16. The molecule has 0 aliphatic rings. The summed E-state index contributed by atoms with van der Waals surface area (Å²) >= 11 is 12.1. The van der Waals surface area contributed by atoms with E-state index in [1.807, 2.05) is 6.92 Å². The summed E-state index contributed by atoms with van der Waals surface area (Å²) < 4.78 is 25.9. The first-order valence-corrected chi connectivity index (χ1v) is 13.7. The van der Waals surface area contributed by atoms with Crippen LogP contribution in [0.15, 0.2) is 48.5 Å². The first-order valence-electron chi connectivity index (χ1n) is 11.1. The normalized spacial score (nSPS) is 12.1. The van der Waals surface area contributed by atoms with Crippen LogP contribution in [0.25, 0.3) is 0 Å². The number of hydrogen-bond donors (Lipinski definition) is 1. The summed E-state index contributed by atoms with van der Waals surface area (Å²) in [5.41, 5.74) is 1.28. The molecule has 0 bridgehead atoms. The number of rotatable bonds is 12. The van der Waals surface area contributed by atoms with Gasteiger partial charge in [0.2, 0.25) is 21.8 Å². The Morgan fingerprint density at radius 2 is 1.74 bits per heavy atom. The predicted molar refractivity (Wildman–Crippen MR) is 138 cm³/mol. The first-order chi connectivity index (χ1) is 16.0. The van der Waals surface area contributed by atoms with Gasteiger partial charge in [0.15, 0.2) is 0 Å². The highest BCUT2D eigenvalue weighted by molar-refractivity contribution is 7.92. The van der Waals surface area contributed by atoms with E-state index in [1.54, 1.807) is 55.5 Å². The van der Waals surface area contributed by atoms with Gasteiger partial charge >= 0.3 is 0 Å². The van der Waals surface area contributed by atoms with Gasteiger partial charge in [-0.1, -0.05) is 54.4 Å². The minimum atomic E-state index is -3.52. The van der Waals surface area contributed by atoms with E-state index in [9.17, 15) is 18.0 Å². The molecule has 0 aromatic heterocycles. The van der Waals surface area contributed by atoms with Gasteiger partial charge in [-0.15, -0.1) is 0 Å². The molecular weight excluding hydrogens is 497 g/mol.